The standard InChI is InChI=1S/C16H16BrN6.2BrH/c1-22-13-4-2-3-9-23(13)15(17)14(22)12-7-5-11(6-8-12)10-20-21-16(18)19;;/h2-10H,1H3,(H4,18,19,21);2*1H/q+1;;/p-1/b20-10+;;. The molecule has 0 unspecified atom stereocenters. The van der Waals surface area contributed by atoms with Gasteiger partial charge in [0.05, 0.1) is 19.5 Å². The second-order valence-electron chi connectivity index (χ2n) is 5.02. The van der Waals surface area contributed by atoms with E-state index in [1.54, 1.807) is 6.21 Å². The molecule has 3 aromatic rings. The Morgan fingerprint density at radius 2 is 1.84 bits per heavy atom. The average molecular weight is 533 g/mol. The third kappa shape index (κ3) is 4.47. The zero-order valence-corrected chi connectivity index (χ0v) is 18.2. The summed E-state index contributed by atoms with van der Waals surface area (Å²) in [6.07, 6.45) is 3.63. The topological polar surface area (TPSA) is 85.0 Å². The van der Waals surface area contributed by atoms with Gasteiger partial charge in [0.15, 0.2) is 5.69 Å². The quantitative estimate of drug-likeness (QED) is 0.204. The predicted molar refractivity (Wildman–Crippen MR) is 105 cm³/mol. The lowest BCUT2D eigenvalue weighted by Gasteiger charge is -1.99. The Balaban J connectivity index is 0.00000156. The van der Waals surface area contributed by atoms with Crippen molar-refractivity contribution in [2.24, 2.45) is 28.7 Å². The predicted octanol–water partition coefficient (Wildman–Crippen LogP) is -0.617. The third-order valence-electron chi connectivity index (χ3n) is 3.49. The zero-order valence-electron chi connectivity index (χ0n) is 13.3. The van der Waals surface area contributed by atoms with E-state index in [-0.39, 0.29) is 39.9 Å². The molecule has 1 aromatic carbocycles. The number of nitrogens with zero attached hydrogens (tertiary/aromatic N) is 4. The highest BCUT2D eigenvalue weighted by molar-refractivity contribution is 9.10. The van der Waals surface area contributed by atoms with Gasteiger partial charge in [0, 0.05) is 27.6 Å². The van der Waals surface area contributed by atoms with E-state index in [1.165, 1.54) is 0 Å². The van der Waals surface area contributed by atoms with Gasteiger partial charge in [0.25, 0.3) is 5.65 Å². The molecule has 25 heavy (non-hydrogen) atoms. The van der Waals surface area contributed by atoms with Crippen LogP contribution >= 0.6 is 32.9 Å². The van der Waals surface area contributed by atoms with Crippen LogP contribution < -0.4 is 33.0 Å². The lowest BCUT2D eigenvalue weighted by Crippen LogP contribution is -3.00. The van der Waals surface area contributed by atoms with Crippen molar-refractivity contribution >= 4 is 50.7 Å². The van der Waals surface area contributed by atoms with Gasteiger partial charge in [-0.05, 0) is 23.8 Å². The Morgan fingerprint density at radius 1 is 1.16 bits per heavy atom. The van der Waals surface area contributed by atoms with Crippen LogP contribution in [0.1, 0.15) is 5.56 Å². The molecule has 0 fully saturated rings. The molecule has 0 bridgehead atoms. The molecule has 0 aliphatic heterocycles. The van der Waals surface area contributed by atoms with Gasteiger partial charge in [-0.1, -0.05) is 18.2 Å². The number of halogens is 3. The summed E-state index contributed by atoms with van der Waals surface area (Å²) in [6, 6.07) is 14.1. The number of pyridine rings is 1. The van der Waals surface area contributed by atoms with Crippen molar-refractivity contribution in [3.05, 3.63) is 58.8 Å². The molecule has 0 aliphatic carbocycles. The molecule has 0 saturated carbocycles. The van der Waals surface area contributed by atoms with E-state index < -0.39 is 0 Å². The van der Waals surface area contributed by atoms with Crippen LogP contribution in [0.4, 0.5) is 0 Å². The van der Waals surface area contributed by atoms with Crippen molar-refractivity contribution < 1.29 is 21.5 Å². The first-order valence-electron chi connectivity index (χ1n) is 6.95. The highest BCUT2D eigenvalue weighted by atomic mass is 79.9. The summed E-state index contributed by atoms with van der Waals surface area (Å²) < 4.78 is 5.26. The van der Waals surface area contributed by atoms with Gasteiger partial charge < -0.3 is 28.4 Å². The molecule has 2 aromatic heterocycles. The number of rotatable bonds is 3. The summed E-state index contributed by atoms with van der Waals surface area (Å²) in [4.78, 5) is 0. The number of fused-ring (bicyclic) bond motifs is 1. The van der Waals surface area contributed by atoms with E-state index in [0.717, 1.165) is 27.1 Å². The molecule has 0 atom stereocenters. The van der Waals surface area contributed by atoms with Crippen molar-refractivity contribution in [2.45, 2.75) is 0 Å². The molecule has 132 valence electrons. The first-order valence-corrected chi connectivity index (χ1v) is 7.74. The van der Waals surface area contributed by atoms with E-state index in [0.29, 0.717) is 0 Å². The lowest BCUT2D eigenvalue weighted by molar-refractivity contribution is -0.633. The monoisotopic (exact) mass is 530 g/mol. The minimum Gasteiger partial charge on any atom is -1.00 e. The van der Waals surface area contributed by atoms with Gasteiger partial charge in [-0.25, -0.2) is 4.57 Å². The number of benzene rings is 1. The van der Waals surface area contributed by atoms with E-state index in [9.17, 15) is 0 Å². The minimum atomic E-state index is -0.0608. The van der Waals surface area contributed by atoms with E-state index >= 15 is 0 Å². The number of hydrogen-bond donors (Lipinski definition) is 2. The number of guanidine groups is 1. The number of nitrogens with two attached hydrogens (primary N) is 2. The fourth-order valence-corrected chi connectivity index (χ4v) is 3.24. The highest BCUT2D eigenvalue weighted by Crippen LogP contribution is 2.27. The van der Waals surface area contributed by atoms with Crippen LogP contribution in [0.15, 0.2) is 63.5 Å². The highest BCUT2D eigenvalue weighted by Gasteiger charge is 2.22. The molecule has 0 spiro atoms. The van der Waals surface area contributed by atoms with E-state index in [4.69, 9.17) is 11.5 Å². The van der Waals surface area contributed by atoms with Gasteiger partial charge in [-0.3, -0.25) is 0 Å². The minimum absolute atomic E-state index is 0. The summed E-state index contributed by atoms with van der Waals surface area (Å²) in [5, 5.41) is 7.39. The second kappa shape index (κ2) is 9.12. The molecule has 3 rings (SSSR count). The molecular formula is C16H17Br3N6. The summed E-state index contributed by atoms with van der Waals surface area (Å²) in [7, 11) is 2.05. The van der Waals surface area contributed by atoms with Crippen LogP contribution in [0.5, 0.6) is 0 Å². The first-order chi connectivity index (χ1) is 11.1. The number of imidazole rings is 1. The van der Waals surface area contributed by atoms with Gasteiger partial charge >= 0.3 is 0 Å². The summed E-state index contributed by atoms with van der Waals surface area (Å²) in [6.45, 7) is 0. The van der Waals surface area contributed by atoms with Gasteiger partial charge in [-0.2, -0.15) is 9.50 Å². The van der Waals surface area contributed by atoms with Gasteiger partial charge in [0.2, 0.25) is 10.6 Å². The van der Waals surface area contributed by atoms with Crippen molar-refractivity contribution in [2.75, 3.05) is 0 Å². The third-order valence-corrected chi connectivity index (χ3v) is 4.25. The normalized spacial score (nSPS) is 10.3. The Bertz CT molecular complexity index is 873. The van der Waals surface area contributed by atoms with Crippen LogP contribution in [0.3, 0.4) is 0 Å². The largest absolute Gasteiger partial charge is 1.00 e. The average Bonchev–Trinajstić information content (AvgIpc) is 2.80. The van der Waals surface area contributed by atoms with Crippen LogP contribution in [0, 0.1) is 0 Å². The van der Waals surface area contributed by atoms with Crippen molar-refractivity contribution in [1.29, 1.82) is 0 Å². The Kier molecular flexibility index (Phi) is 7.78. The smallest absolute Gasteiger partial charge is 0.287 e. The van der Waals surface area contributed by atoms with Crippen LogP contribution in [0.2, 0.25) is 0 Å². The van der Waals surface area contributed by atoms with Crippen LogP contribution in [0.25, 0.3) is 16.9 Å². The molecule has 4 N–H and O–H groups in total. The number of aryl methyl sites for hydroxylation is 1. The summed E-state index contributed by atoms with van der Waals surface area (Å²) in [5.41, 5.74) is 14.7. The van der Waals surface area contributed by atoms with E-state index in [1.807, 2.05) is 49.6 Å². The molecule has 0 amide bonds. The van der Waals surface area contributed by atoms with Crippen LogP contribution in [-0.4, -0.2) is 16.6 Å². The van der Waals surface area contributed by atoms with E-state index in [2.05, 4.69) is 41.2 Å². The molecule has 0 aliphatic rings. The fourth-order valence-electron chi connectivity index (χ4n) is 2.44. The van der Waals surface area contributed by atoms with Crippen molar-refractivity contribution in [3.8, 4) is 11.3 Å². The molecule has 6 nitrogen and oxygen atoms in total. The van der Waals surface area contributed by atoms with Gasteiger partial charge in [0.1, 0.15) is 0 Å². The van der Waals surface area contributed by atoms with Gasteiger partial charge in [-0.15, -0.1) is 22.1 Å². The van der Waals surface area contributed by atoms with Crippen molar-refractivity contribution in [3.63, 3.8) is 0 Å². The Hall–Kier alpha value is -1.71. The second-order valence-corrected chi connectivity index (χ2v) is 5.77. The molecule has 0 saturated heterocycles. The molecule has 2 heterocycles. The lowest BCUT2D eigenvalue weighted by atomic mass is 10.1. The molecule has 0 radical (unpaired) electrons. The fraction of sp³-hybridized carbons (Fsp3) is 0.0625. The Morgan fingerprint density at radius 3 is 2.44 bits per heavy atom. The maximum atomic E-state index is 5.23. The maximum absolute atomic E-state index is 5.23. The summed E-state index contributed by atoms with van der Waals surface area (Å²) in [5.74, 6) is -0.0608. The van der Waals surface area contributed by atoms with Crippen LogP contribution in [-0.2, 0) is 7.05 Å². The zero-order chi connectivity index (χ0) is 16.4. The number of aromatic nitrogens is 2. The first kappa shape index (κ1) is 21.3. The Labute approximate surface area is 174 Å². The number of hydrogen-bond acceptors (Lipinski definition) is 2. The summed E-state index contributed by atoms with van der Waals surface area (Å²) >= 11 is 3.69. The molecule has 9 heteroatoms. The maximum Gasteiger partial charge on any atom is 0.287 e. The van der Waals surface area contributed by atoms with Crippen molar-refractivity contribution in [1.82, 2.24) is 4.40 Å². The molecular weight excluding hydrogens is 516 g/mol. The SMILES string of the molecule is Br.C[n+]1c(-c2ccc(/C=N/N=C(N)N)cc2)c(Br)n2ccccc21.[Br-].